The molecule has 1 aromatic carbocycles. The van der Waals surface area contributed by atoms with Gasteiger partial charge in [0, 0.05) is 31.0 Å². The third kappa shape index (κ3) is 5.88. The van der Waals surface area contributed by atoms with Gasteiger partial charge in [0.25, 0.3) is 5.91 Å². The molecule has 26 heavy (non-hydrogen) atoms. The summed E-state index contributed by atoms with van der Waals surface area (Å²) in [5.41, 5.74) is 1.48. The molecule has 6 nitrogen and oxygen atoms in total. The van der Waals surface area contributed by atoms with Crippen LogP contribution in [0.2, 0.25) is 0 Å². The Balaban J connectivity index is 2.14. The van der Waals surface area contributed by atoms with E-state index in [2.05, 4.69) is 9.72 Å². The first-order valence-electron chi connectivity index (χ1n) is 8.51. The lowest BCUT2D eigenvalue weighted by Gasteiger charge is -2.22. The maximum absolute atomic E-state index is 12.9. The van der Waals surface area contributed by atoms with Gasteiger partial charge >= 0.3 is 5.97 Å². The molecule has 0 aliphatic heterocycles. The van der Waals surface area contributed by atoms with Gasteiger partial charge in [0.2, 0.25) is 0 Å². The second kappa shape index (κ2) is 9.56. The van der Waals surface area contributed by atoms with Crippen LogP contribution in [0.3, 0.4) is 0 Å². The summed E-state index contributed by atoms with van der Waals surface area (Å²) in [4.78, 5) is 30.0. The van der Waals surface area contributed by atoms with Crippen molar-refractivity contribution in [3.63, 3.8) is 0 Å². The molecular weight excluding hydrogens is 332 g/mol. The number of nitrogens with zero attached hydrogens (tertiary/aromatic N) is 2. The van der Waals surface area contributed by atoms with E-state index in [1.165, 1.54) is 7.11 Å². The van der Waals surface area contributed by atoms with Gasteiger partial charge in [-0.15, -0.1) is 0 Å². The Labute approximate surface area is 153 Å². The number of amides is 1. The van der Waals surface area contributed by atoms with E-state index in [0.717, 1.165) is 5.56 Å². The molecule has 0 atom stereocenters. The number of hydrogen-bond acceptors (Lipinski definition) is 5. The summed E-state index contributed by atoms with van der Waals surface area (Å²) < 4.78 is 10.3. The first kappa shape index (κ1) is 19.4. The zero-order valence-corrected chi connectivity index (χ0v) is 15.3. The highest BCUT2D eigenvalue weighted by molar-refractivity contribution is 5.94. The quantitative estimate of drug-likeness (QED) is 0.680. The lowest BCUT2D eigenvalue weighted by atomic mass is 10.1. The molecule has 0 unspecified atom stereocenters. The van der Waals surface area contributed by atoms with Crippen molar-refractivity contribution in [2.75, 3.05) is 13.7 Å². The first-order valence-corrected chi connectivity index (χ1v) is 8.51. The van der Waals surface area contributed by atoms with Gasteiger partial charge < -0.3 is 14.4 Å². The van der Waals surface area contributed by atoms with Crippen molar-refractivity contribution >= 4 is 11.9 Å². The highest BCUT2D eigenvalue weighted by Crippen LogP contribution is 2.16. The van der Waals surface area contributed by atoms with Crippen LogP contribution < -0.4 is 4.74 Å². The van der Waals surface area contributed by atoms with Crippen LogP contribution in [0.4, 0.5) is 0 Å². The van der Waals surface area contributed by atoms with Crippen LogP contribution in [0.1, 0.15) is 36.2 Å². The highest BCUT2D eigenvalue weighted by Gasteiger charge is 2.18. The van der Waals surface area contributed by atoms with Gasteiger partial charge in [0.1, 0.15) is 5.75 Å². The van der Waals surface area contributed by atoms with Gasteiger partial charge in [-0.2, -0.15) is 0 Å². The average Bonchev–Trinajstić information content (AvgIpc) is 2.65. The van der Waals surface area contributed by atoms with E-state index in [-0.39, 0.29) is 30.9 Å². The summed E-state index contributed by atoms with van der Waals surface area (Å²) in [5, 5.41) is 0. The minimum absolute atomic E-state index is 0.0693. The summed E-state index contributed by atoms with van der Waals surface area (Å²) in [6, 6.07) is 10.7. The number of aromatic nitrogens is 1. The third-order valence-corrected chi connectivity index (χ3v) is 3.70. The first-order chi connectivity index (χ1) is 12.5. The molecule has 0 N–H and O–H groups in total. The molecule has 0 spiro atoms. The average molecular weight is 356 g/mol. The molecule has 0 radical (unpaired) electrons. The van der Waals surface area contributed by atoms with Crippen LogP contribution in [-0.2, 0) is 16.1 Å². The molecule has 0 bridgehead atoms. The van der Waals surface area contributed by atoms with Crippen LogP contribution in [0.15, 0.2) is 48.8 Å². The zero-order valence-electron chi connectivity index (χ0n) is 15.3. The Morgan fingerprint density at radius 1 is 1.08 bits per heavy atom. The van der Waals surface area contributed by atoms with Gasteiger partial charge in [0.15, 0.2) is 0 Å². The van der Waals surface area contributed by atoms with Gasteiger partial charge in [-0.25, -0.2) is 0 Å². The van der Waals surface area contributed by atoms with Crippen LogP contribution in [0.25, 0.3) is 0 Å². The minimum atomic E-state index is -0.349. The van der Waals surface area contributed by atoms with Crippen molar-refractivity contribution in [2.45, 2.75) is 32.9 Å². The number of carbonyl (C=O) groups is 2. The van der Waals surface area contributed by atoms with Crippen LogP contribution in [0.5, 0.6) is 5.75 Å². The molecule has 0 aliphatic carbocycles. The second-order valence-corrected chi connectivity index (χ2v) is 6.10. The molecule has 0 fully saturated rings. The molecule has 6 heteroatoms. The monoisotopic (exact) mass is 356 g/mol. The Bertz CT molecular complexity index is 714. The fourth-order valence-electron chi connectivity index (χ4n) is 2.42. The molecule has 1 aromatic heterocycles. The van der Waals surface area contributed by atoms with E-state index in [1.807, 2.05) is 26.0 Å². The SMILES string of the molecule is COC(=O)CCN(Cc1ccncc1)C(=O)c1ccc(OC(C)C)cc1. The Hall–Kier alpha value is -2.89. The van der Waals surface area contributed by atoms with E-state index < -0.39 is 0 Å². The number of hydrogen-bond donors (Lipinski definition) is 0. The summed E-state index contributed by atoms with van der Waals surface area (Å²) in [7, 11) is 1.34. The van der Waals surface area contributed by atoms with E-state index in [0.29, 0.717) is 17.9 Å². The summed E-state index contributed by atoms with van der Waals surface area (Å²) in [5.74, 6) is 0.215. The number of ether oxygens (including phenoxy) is 2. The number of pyridine rings is 1. The standard InChI is InChI=1S/C20H24N2O4/c1-15(2)26-18-6-4-17(5-7-18)20(24)22(13-10-19(23)25-3)14-16-8-11-21-12-9-16/h4-9,11-12,15H,10,13-14H2,1-3H3. The molecule has 2 rings (SSSR count). The topological polar surface area (TPSA) is 68.7 Å². The van der Waals surface area contributed by atoms with Crippen LogP contribution in [-0.4, -0.2) is 41.5 Å². The number of carbonyl (C=O) groups excluding carboxylic acids is 2. The van der Waals surface area contributed by atoms with Crippen molar-refractivity contribution in [2.24, 2.45) is 0 Å². The van der Waals surface area contributed by atoms with Crippen molar-refractivity contribution < 1.29 is 19.1 Å². The van der Waals surface area contributed by atoms with Gasteiger partial charge in [0.05, 0.1) is 19.6 Å². The summed E-state index contributed by atoms with van der Waals surface area (Å²) >= 11 is 0. The molecule has 0 saturated heterocycles. The van der Waals surface area contributed by atoms with Crippen molar-refractivity contribution in [3.05, 3.63) is 59.9 Å². The molecule has 2 aromatic rings. The number of methoxy groups -OCH3 is 1. The number of rotatable bonds is 8. The lowest BCUT2D eigenvalue weighted by molar-refractivity contribution is -0.140. The molecule has 0 aliphatic rings. The Morgan fingerprint density at radius 2 is 1.73 bits per heavy atom. The van der Waals surface area contributed by atoms with Crippen molar-refractivity contribution in [1.29, 1.82) is 0 Å². The van der Waals surface area contributed by atoms with Gasteiger partial charge in [-0.1, -0.05) is 0 Å². The molecule has 0 saturated carbocycles. The maximum Gasteiger partial charge on any atom is 0.307 e. The zero-order chi connectivity index (χ0) is 18.9. The highest BCUT2D eigenvalue weighted by atomic mass is 16.5. The predicted octanol–water partition coefficient (Wildman–Crippen LogP) is 3.07. The van der Waals surface area contributed by atoms with Crippen molar-refractivity contribution in [3.8, 4) is 5.75 Å². The van der Waals surface area contributed by atoms with E-state index in [4.69, 9.17) is 4.74 Å². The van der Waals surface area contributed by atoms with E-state index in [9.17, 15) is 9.59 Å². The van der Waals surface area contributed by atoms with Crippen molar-refractivity contribution in [1.82, 2.24) is 9.88 Å². The molecule has 138 valence electrons. The van der Waals surface area contributed by atoms with Crippen LogP contribution >= 0.6 is 0 Å². The van der Waals surface area contributed by atoms with Gasteiger partial charge in [-0.3, -0.25) is 14.6 Å². The largest absolute Gasteiger partial charge is 0.491 e. The van der Waals surface area contributed by atoms with Crippen LogP contribution in [0, 0.1) is 0 Å². The molecule has 1 heterocycles. The second-order valence-electron chi connectivity index (χ2n) is 6.10. The number of esters is 1. The smallest absolute Gasteiger partial charge is 0.307 e. The summed E-state index contributed by atoms with van der Waals surface area (Å²) in [6.45, 7) is 4.56. The number of benzene rings is 1. The maximum atomic E-state index is 12.9. The summed E-state index contributed by atoms with van der Waals surface area (Å²) in [6.07, 6.45) is 3.56. The Kier molecular flexibility index (Phi) is 7.14. The fraction of sp³-hybridized carbons (Fsp3) is 0.350. The normalized spacial score (nSPS) is 10.5. The van der Waals surface area contributed by atoms with E-state index >= 15 is 0 Å². The van der Waals surface area contributed by atoms with Gasteiger partial charge in [-0.05, 0) is 55.8 Å². The van der Waals surface area contributed by atoms with E-state index in [1.54, 1.807) is 41.6 Å². The lowest BCUT2D eigenvalue weighted by Crippen LogP contribution is -2.32. The predicted molar refractivity (Wildman–Crippen MR) is 97.8 cm³/mol. The third-order valence-electron chi connectivity index (χ3n) is 3.70. The fourth-order valence-corrected chi connectivity index (χ4v) is 2.42. The molecular formula is C20H24N2O4. The minimum Gasteiger partial charge on any atom is -0.491 e. The molecule has 1 amide bonds. The Morgan fingerprint density at radius 3 is 2.31 bits per heavy atom.